The van der Waals surface area contributed by atoms with Crippen molar-refractivity contribution in [3.63, 3.8) is 0 Å². The number of ether oxygens (including phenoxy) is 2. The van der Waals surface area contributed by atoms with Crippen LogP contribution in [0, 0.1) is 5.92 Å². The number of rotatable bonds is 5. The summed E-state index contributed by atoms with van der Waals surface area (Å²) < 4.78 is 13.5. The van der Waals surface area contributed by atoms with Crippen molar-refractivity contribution >= 4 is 17.0 Å². The normalized spacial score (nSPS) is 25.7. The van der Waals surface area contributed by atoms with Gasteiger partial charge >= 0.3 is 0 Å². The molecule has 1 aliphatic rings. The van der Waals surface area contributed by atoms with Crippen molar-refractivity contribution < 1.29 is 9.47 Å². The SMILES string of the molecule is CCOCCC1CC(C)C(n2cnc3c(N)ncnc32)O1. The van der Waals surface area contributed by atoms with Gasteiger partial charge in [0.2, 0.25) is 0 Å². The van der Waals surface area contributed by atoms with Gasteiger partial charge in [0.15, 0.2) is 11.5 Å². The molecule has 2 aromatic rings. The van der Waals surface area contributed by atoms with Crippen molar-refractivity contribution in [2.24, 2.45) is 5.92 Å². The smallest absolute Gasteiger partial charge is 0.167 e. The van der Waals surface area contributed by atoms with Gasteiger partial charge in [-0.3, -0.25) is 4.57 Å². The fourth-order valence-corrected chi connectivity index (χ4v) is 2.86. The molecule has 7 heteroatoms. The van der Waals surface area contributed by atoms with E-state index in [1.165, 1.54) is 6.33 Å². The van der Waals surface area contributed by atoms with E-state index in [1.54, 1.807) is 6.33 Å². The summed E-state index contributed by atoms with van der Waals surface area (Å²) in [5.74, 6) is 0.794. The second-order valence-electron chi connectivity index (χ2n) is 5.43. The molecule has 0 radical (unpaired) electrons. The van der Waals surface area contributed by atoms with Crippen molar-refractivity contribution in [3.05, 3.63) is 12.7 Å². The number of hydrogen-bond acceptors (Lipinski definition) is 6. The van der Waals surface area contributed by atoms with E-state index < -0.39 is 0 Å². The lowest BCUT2D eigenvalue weighted by molar-refractivity contribution is -0.0213. The van der Waals surface area contributed by atoms with Gasteiger partial charge < -0.3 is 15.2 Å². The molecule has 0 bridgehead atoms. The third-order valence-corrected chi connectivity index (χ3v) is 3.90. The Morgan fingerprint density at radius 3 is 3.10 bits per heavy atom. The molecule has 3 atom stereocenters. The van der Waals surface area contributed by atoms with Gasteiger partial charge in [-0.2, -0.15) is 0 Å². The summed E-state index contributed by atoms with van der Waals surface area (Å²) in [5.41, 5.74) is 7.18. The van der Waals surface area contributed by atoms with E-state index >= 15 is 0 Å². The Labute approximate surface area is 123 Å². The Hall–Kier alpha value is -1.73. The van der Waals surface area contributed by atoms with E-state index in [-0.39, 0.29) is 12.3 Å². The zero-order valence-electron chi connectivity index (χ0n) is 12.4. The highest BCUT2D eigenvalue weighted by molar-refractivity contribution is 5.81. The maximum Gasteiger partial charge on any atom is 0.167 e. The van der Waals surface area contributed by atoms with E-state index in [0.717, 1.165) is 31.7 Å². The second-order valence-corrected chi connectivity index (χ2v) is 5.43. The highest BCUT2D eigenvalue weighted by Crippen LogP contribution is 2.36. The molecule has 1 fully saturated rings. The number of nitrogen functional groups attached to an aromatic ring is 1. The number of hydrogen-bond donors (Lipinski definition) is 1. The topological polar surface area (TPSA) is 88.1 Å². The number of imidazole rings is 1. The van der Waals surface area contributed by atoms with Gasteiger partial charge in [0.05, 0.1) is 12.4 Å². The average molecular weight is 291 g/mol. The first kappa shape index (κ1) is 14.2. The number of anilines is 1. The molecule has 3 heterocycles. The van der Waals surface area contributed by atoms with Crippen LogP contribution in [-0.4, -0.2) is 38.8 Å². The Bertz CT molecular complexity index is 614. The van der Waals surface area contributed by atoms with Gasteiger partial charge in [-0.25, -0.2) is 15.0 Å². The third-order valence-electron chi connectivity index (χ3n) is 3.90. The predicted molar refractivity (Wildman–Crippen MR) is 78.5 cm³/mol. The van der Waals surface area contributed by atoms with E-state index in [2.05, 4.69) is 21.9 Å². The Balaban J connectivity index is 1.78. The molecule has 0 aliphatic carbocycles. The molecule has 0 spiro atoms. The van der Waals surface area contributed by atoms with Gasteiger partial charge in [0.1, 0.15) is 18.1 Å². The van der Waals surface area contributed by atoms with Crippen molar-refractivity contribution in [1.82, 2.24) is 19.5 Å². The third kappa shape index (κ3) is 2.71. The lowest BCUT2D eigenvalue weighted by atomic mass is 10.0. The Morgan fingerprint density at radius 2 is 2.29 bits per heavy atom. The summed E-state index contributed by atoms with van der Waals surface area (Å²) in [6.07, 6.45) is 5.28. The average Bonchev–Trinajstić information content (AvgIpc) is 3.04. The van der Waals surface area contributed by atoms with E-state index in [1.807, 2.05) is 11.5 Å². The summed E-state index contributed by atoms with van der Waals surface area (Å²) in [7, 11) is 0. The van der Waals surface area contributed by atoms with Crippen molar-refractivity contribution in [1.29, 1.82) is 0 Å². The van der Waals surface area contributed by atoms with Crippen LogP contribution in [0.5, 0.6) is 0 Å². The first-order valence-electron chi connectivity index (χ1n) is 7.37. The van der Waals surface area contributed by atoms with E-state index in [0.29, 0.717) is 17.3 Å². The molecular formula is C14H21N5O2. The van der Waals surface area contributed by atoms with Gasteiger partial charge in [0, 0.05) is 19.1 Å². The van der Waals surface area contributed by atoms with Crippen LogP contribution in [0.15, 0.2) is 12.7 Å². The molecule has 1 aliphatic heterocycles. The van der Waals surface area contributed by atoms with Gasteiger partial charge in [-0.1, -0.05) is 6.92 Å². The number of nitrogens with two attached hydrogens (primary N) is 1. The minimum atomic E-state index is -0.0593. The lowest BCUT2D eigenvalue weighted by Gasteiger charge is -2.17. The van der Waals surface area contributed by atoms with Crippen LogP contribution >= 0.6 is 0 Å². The maximum absolute atomic E-state index is 6.15. The number of nitrogens with zero attached hydrogens (tertiary/aromatic N) is 4. The highest BCUT2D eigenvalue weighted by Gasteiger charge is 2.34. The van der Waals surface area contributed by atoms with Crippen LogP contribution in [0.25, 0.3) is 11.2 Å². The monoisotopic (exact) mass is 291 g/mol. The molecule has 3 rings (SSSR count). The molecule has 0 amide bonds. The highest BCUT2D eigenvalue weighted by atomic mass is 16.5. The Kier molecular flexibility index (Phi) is 4.03. The largest absolute Gasteiger partial charge is 0.382 e. The fourth-order valence-electron chi connectivity index (χ4n) is 2.86. The van der Waals surface area contributed by atoms with Crippen LogP contribution in [0.4, 0.5) is 5.82 Å². The van der Waals surface area contributed by atoms with Gasteiger partial charge in [-0.05, 0) is 19.8 Å². The molecule has 2 aromatic heterocycles. The van der Waals surface area contributed by atoms with Crippen molar-refractivity contribution in [3.8, 4) is 0 Å². The van der Waals surface area contributed by atoms with Crippen molar-refractivity contribution in [2.45, 2.75) is 39.0 Å². The van der Waals surface area contributed by atoms with E-state index in [4.69, 9.17) is 15.2 Å². The first-order valence-corrected chi connectivity index (χ1v) is 7.37. The minimum absolute atomic E-state index is 0.0593. The molecule has 1 saturated heterocycles. The van der Waals surface area contributed by atoms with Crippen LogP contribution < -0.4 is 5.73 Å². The number of aromatic nitrogens is 4. The zero-order chi connectivity index (χ0) is 14.8. The van der Waals surface area contributed by atoms with Crippen LogP contribution in [0.1, 0.15) is 32.9 Å². The zero-order valence-corrected chi connectivity index (χ0v) is 12.4. The van der Waals surface area contributed by atoms with Crippen LogP contribution in [-0.2, 0) is 9.47 Å². The summed E-state index contributed by atoms with van der Waals surface area (Å²) in [6, 6.07) is 0. The van der Waals surface area contributed by atoms with Crippen LogP contribution in [0.3, 0.4) is 0 Å². The second kappa shape index (κ2) is 5.95. The first-order chi connectivity index (χ1) is 10.2. The molecular weight excluding hydrogens is 270 g/mol. The van der Waals surface area contributed by atoms with E-state index in [9.17, 15) is 0 Å². The summed E-state index contributed by atoms with van der Waals surface area (Å²) in [5, 5.41) is 0. The van der Waals surface area contributed by atoms with Crippen LogP contribution in [0.2, 0.25) is 0 Å². The summed E-state index contributed by atoms with van der Waals surface area (Å²) >= 11 is 0. The molecule has 3 unspecified atom stereocenters. The molecule has 114 valence electrons. The number of fused-ring (bicyclic) bond motifs is 1. The standard InChI is InChI=1S/C14H21N5O2/c1-3-20-5-4-10-6-9(2)14(21-10)19-8-18-11-12(15)16-7-17-13(11)19/h7-10,14H,3-6H2,1-2H3,(H2,15,16,17). The van der Waals surface area contributed by atoms with Gasteiger partial charge in [-0.15, -0.1) is 0 Å². The molecule has 21 heavy (non-hydrogen) atoms. The minimum Gasteiger partial charge on any atom is -0.382 e. The predicted octanol–water partition coefficient (Wildman–Crippen LogP) is 1.76. The molecule has 0 saturated carbocycles. The van der Waals surface area contributed by atoms with Gasteiger partial charge in [0.25, 0.3) is 0 Å². The lowest BCUT2D eigenvalue weighted by Crippen LogP contribution is -2.15. The quantitative estimate of drug-likeness (QED) is 0.844. The summed E-state index contributed by atoms with van der Waals surface area (Å²) in [4.78, 5) is 12.6. The maximum atomic E-state index is 6.15. The molecule has 2 N–H and O–H groups in total. The fraction of sp³-hybridized carbons (Fsp3) is 0.643. The summed E-state index contributed by atoms with van der Waals surface area (Å²) in [6.45, 7) is 5.67. The van der Waals surface area contributed by atoms with Crippen molar-refractivity contribution in [2.75, 3.05) is 18.9 Å². The Morgan fingerprint density at radius 1 is 1.43 bits per heavy atom. The molecule has 7 nitrogen and oxygen atoms in total. The molecule has 0 aromatic carbocycles.